The Morgan fingerprint density at radius 1 is 1.33 bits per heavy atom. The lowest BCUT2D eigenvalue weighted by Crippen LogP contribution is -2.40. The SMILES string of the molecule is CCNCC1CCN(S(=O)(=O)c2ccc(CCNC(C)=O)s2)CC1. The van der Waals surface area contributed by atoms with E-state index in [0.717, 1.165) is 30.8 Å². The van der Waals surface area contributed by atoms with Crippen LogP contribution in [0.25, 0.3) is 0 Å². The van der Waals surface area contributed by atoms with Crippen LogP contribution in [-0.2, 0) is 21.2 Å². The van der Waals surface area contributed by atoms with E-state index in [1.807, 2.05) is 6.07 Å². The van der Waals surface area contributed by atoms with Gasteiger partial charge in [-0.15, -0.1) is 11.3 Å². The van der Waals surface area contributed by atoms with E-state index in [-0.39, 0.29) is 5.91 Å². The van der Waals surface area contributed by atoms with Crippen molar-refractivity contribution in [1.29, 1.82) is 0 Å². The Bertz CT molecular complexity index is 635. The predicted molar refractivity (Wildman–Crippen MR) is 96.7 cm³/mol. The van der Waals surface area contributed by atoms with E-state index in [1.165, 1.54) is 18.3 Å². The molecular formula is C16H27N3O3S2. The number of piperidine rings is 1. The second kappa shape index (κ2) is 8.94. The van der Waals surface area contributed by atoms with Gasteiger partial charge in [0.2, 0.25) is 5.91 Å². The summed E-state index contributed by atoms with van der Waals surface area (Å²) < 4.78 is 27.5. The highest BCUT2D eigenvalue weighted by atomic mass is 32.2. The molecule has 24 heavy (non-hydrogen) atoms. The molecule has 1 amide bonds. The van der Waals surface area contributed by atoms with Crippen molar-refractivity contribution in [1.82, 2.24) is 14.9 Å². The first kappa shape index (κ1) is 19.4. The topological polar surface area (TPSA) is 78.5 Å². The summed E-state index contributed by atoms with van der Waals surface area (Å²) in [5.41, 5.74) is 0. The highest BCUT2D eigenvalue weighted by molar-refractivity contribution is 7.91. The molecule has 0 spiro atoms. The van der Waals surface area contributed by atoms with Gasteiger partial charge in [-0.2, -0.15) is 4.31 Å². The minimum Gasteiger partial charge on any atom is -0.356 e. The lowest BCUT2D eigenvalue weighted by Gasteiger charge is -2.30. The number of thiophene rings is 1. The number of nitrogens with zero attached hydrogens (tertiary/aromatic N) is 1. The zero-order valence-electron chi connectivity index (χ0n) is 14.4. The summed E-state index contributed by atoms with van der Waals surface area (Å²) in [4.78, 5) is 11.9. The lowest BCUT2D eigenvalue weighted by atomic mass is 9.98. The second-order valence-corrected chi connectivity index (χ2v) is 9.44. The van der Waals surface area contributed by atoms with Crippen LogP contribution in [0.2, 0.25) is 0 Å². The molecule has 8 heteroatoms. The van der Waals surface area contributed by atoms with Gasteiger partial charge in [0, 0.05) is 31.4 Å². The van der Waals surface area contributed by atoms with Crippen LogP contribution in [0.15, 0.2) is 16.3 Å². The zero-order chi connectivity index (χ0) is 17.6. The summed E-state index contributed by atoms with van der Waals surface area (Å²) in [7, 11) is -3.38. The minimum atomic E-state index is -3.38. The van der Waals surface area contributed by atoms with Crippen LogP contribution < -0.4 is 10.6 Å². The fraction of sp³-hybridized carbons (Fsp3) is 0.688. The van der Waals surface area contributed by atoms with E-state index < -0.39 is 10.0 Å². The Kier molecular flexibility index (Phi) is 7.21. The van der Waals surface area contributed by atoms with E-state index >= 15 is 0 Å². The fourth-order valence-electron chi connectivity index (χ4n) is 2.82. The van der Waals surface area contributed by atoms with Gasteiger partial charge in [-0.05, 0) is 50.4 Å². The van der Waals surface area contributed by atoms with Crippen LogP contribution in [0.5, 0.6) is 0 Å². The highest BCUT2D eigenvalue weighted by Gasteiger charge is 2.30. The van der Waals surface area contributed by atoms with Crippen LogP contribution in [0.1, 0.15) is 31.6 Å². The maximum absolute atomic E-state index is 12.8. The van der Waals surface area contributed by atoms with Crippen LogP contribution in [-0.4, -0.2) is 51.4 Å². The average molecular weight is 374 g/mol. The number of carbonyl (C=O) groups is 1. The molecule has 1 aliphatic heterocycles. The predicted octanol–water partition coefficient (Wildman–Crippen LogP) is 1.44. The van der Waals surface area contributed by atoms with Crippen molar-refractivity contribution in [2.45, 2.75) is 37.3 Å². The number of hydrogen-bond donors (Lipinski definition) is 2. The van der Waals surface area contributed by atoms with Crippen molar-refractivity contribution in [3.05, 3.63) is 17.0 Å². The summed E-state index contributed by atoms with van der Waals surface area (Å²) in [6, 6.07) is 3.53. The third kappa shape index (κ3) is 5.27. The molecule has 2 rings (SSSR count). The molecular weight excluding hydrogens is 346 g/mol. The van der Waals surface area contributed by atoms with Gasteiger partial charge in [0.05, 0.1) is 0 Å². The van der Waals surface area contributed by atoms with Crippen LogP contribution in [0, 0.1) is 5.92 Å². The summed E-state index contributed by atoms with van der Waals surface area (Å²) in [6.07, 6.45) is 2.48. The Hall–Kier alpha value is -0.960. The molecule has 0 aliphatic carbocycles. The molecule has 1 aromatic rings. The minimum absolute atomic E-state index is 0.0696. The third-order valence-electron chi connectivity index (χ3n) is 4.23. The van der Waals surface area contributed by atoms with Crippen molar-refractivity contribution in [2.75, 3.05) is 32.7 Å². The maximum atomic E-state index is 12.8. The molecule has 2 N–H and O–H groups in total. The van der Waals surface area contributed by atoms with E-state index in [4.69, 9.17) is 0 Å². The quantitative estimate of drug-likeness (QED) is 0.723. The maximum Gasteiger partial charge on any atom is 0.252 e. The first-order chi connectivity index (χ1) is 11.4. The fourth-order valence-corrected chi connectivity index (χ4v) is 5.80. The van der Waals surface area contributed by atoms with Gasteiger partial charge < -0.3 is 10.6 Å². The standard InChI is InChI=1S/C16H27N3O3S2/c1-3-17-12-14-7-10-19(11-8-14)24(21,22)16-5-4-15(23-16)6-9-18-13(2)20/h4-5,14,17H,3,6-12H2,1-2H3,(H,18,20). The summed E-state index contributed by atoms with van der Waals surface area (Å²) in [5.74, 6) is 0.493. The molecule has 1 saturated heterocycles. The van der Waals surface area contributed by atoms with Gasteiger partial charge >= 0.3 is 0 Å². The summed E-state index contributed by atoms with van der Waals surface area (Å²) in [6.45, 7) is 7.20. The Balaban J connectivity index is 1.91. The van der Waals surface area contributed by atoms with Crippen LogP contribution in [0.4, 0.5) is 0 Å². The van der Waals surface area contributed by atoms with Crippen LogP contribution in [0.3, 0.4) is 0 Å². The van der Waals surface area contributed by atoms with Gasteiger partial charge in [0.1, 0.15) is 4.21 Å². The molecule has 1 aromatic heterocycles. The van der Waals surface area contributed by atoms with E-state index in [2.05, 4.69) is 17.6 Å². The van der Waals surface area contributed by atoms with Crippen molar-refractivity contribution in [3.63, 3.8) is 0 Å². The third-order valence-corrected chi connectivity index (χ3v) is 7.74. The second-order valence-electron chi connectivity index (χ2n) is 6.11. The summed E-state index contributed by atoms with van der Waals surface area (Å²) in [5, 5.41) is 6.07. The number of nitrogens with one attached hydrogen (secondary N) is 2. The van der Waals surface area contributed by atoms with Gasteiger partial charge in [-0.1, -0.05) is 6.92 Å². The Morgan fingerprint density at radius 3 is 2.67 bits per heavy atom. The van der Waals surface area contributed by atoms with E-state index in [9.17, 15) is 13.2 Å². The monoisotopic (exact) mass is 373 g/mol. The van der Waals surface area contributed by atoms with Gasteiger partial charge in [-0.3, -0.25) is 4.79 Å². The van der Waals surface area contributed by atoms with E-state index in [0.29, 0.717) is 36.2 Å². The van der Waals surface area contributed by atoms with Gasteiger partial charge in [0.15, 0.2) is 0 Å². The van der Waals surface area contributed by atoms with Gasteiger partial charge in [-0.25, -0.2) is 8.42 Å². The molecule has 6 nitrogen and oxygen atoms in total. The molecule has 1 fully saturated rings. The number of rotatable bonds is 8. The molecule has 2 heterocycles. The number of hydrogen-bond acceptors (Lipinski definition) is 5. The Labute approximate surface area is 148 Å². The van der Waals surface area contributed by atoms with Crippen molar-refractivity contribution in [2.24, 2.45) is 5.92 Å². The molecule has 0 radical (unpaired) electrons. The highest BCUT2D eigenvalue weighted by Crippen LogP contribution is 2.28. The molecule has 0 bridgehead atoms. The summed E-state index contributed by atoms with van der Waals surface area (Å²) >= 11 is 1.31. The van der Waals surface area contributed by atoms with Crippen molar-refractivity contribution in [3.8, 4) is 0 Å². The molecule has 1 aliphatic rings. The molecule has 0 atom stereocenters. The first-order valence-corrected chi connectivity index (χ1v) is 10.7. The molecule has 0 saturated carbocycles. The smallest absolute Gasteiger partial charge is 0.252 e. The average Bonchev–Trinajstić information content (AvgIpc) is 3.02. The van der Waals surface area contributed by atoms with Crippen molar-refractivity contribution >= 4 is 27.3 Å². The number of amides is 1. The van der Waals surface area contributed by atoms with E-state index in [1.54, 1.807) is 10.4 Å². The first-order valence-electron chi connectivity index (χ1n) is 8.47. The molecule has 136 valence electrons. The number of sulfonamides is 1. The Morgan fingerprint density at radius 2 is 2.04 bits per heavy atom. The number of carbonyl (C=O) groups excluding carboxylic acids is 1. The molecule has 0 aromatic carbocycles. The largest absolute Gasteiger partial charge is 0.356 e. The zero-order valence-corrected chi connectivity index (χ0v) is 16.0. The van der Waals surface area contributed by atoms with Crippen LogP contribution >= 0.6 is 11.3 Å². The lowest BCUT2D eigenvalue weighted by molar-refractivity contribution is -0.118. The van der Waals surface area contributed by atoms with Gasteiger partial charge in [0.25, 0.3) is 10.0 Å². The normalized spacial score (nSPS) is 17.1. The van der Waals surface area contributed by atoms with Crippen molar-refractivity contribution < 1.29 is 13.2 Å². The molecule has 0 unspecified atom stereocenters.